The van der Waals surface area contributed by atoms with Crippen molar-refractivity contribution in [2.24, 2.45) is 0 Å². The van der Waals surface area contributed by atoms with E-state index in [0.29, 0.717) is 10.6 Å². The lowest BCUT2D eigenvalue weighted by Crippen LogP contribution is -2.42. The van der Waals surface area contributed by atoms with Crippen LogP contribution < -0.4 is 10.9 Å². The summed E-state index contributed by atoms with van der Waals surface area (Å²) in [5.74, 6) is -0.565. The first-order chi connectivity index (χ1) is 13.5. The van der Waals surface area contributed by atoms with E-state index in [4.69, 9.17) is 11.6 Å². The van der Waals surface area contributed by atoms with Gasteiger partial charge in [-0.15, -0.1) is 0 Å². The Hall–Kier alpha value is -2.57. The third-order valence-electron chi connectivity index (χ3n) is 4.19. The molecule has 0 saturated carbocycles. The maximum Gasteiger partial charge on any atom is 0.269 e. The Balaban J connectivity index is 1.57. The SMILES string of the molecule is CCc1ccc2nc(SCC(=O)NNC(=O)c3ccc(Cl)cc3)c(C)cc2c1. The molecule has 0 aliphatic rings. The summed E-state index contributed by atoms with van der Waals surface area (Å²) in [6, 6.07) is 14.7. The second-order valence-corrected chi connectivity index (χ2v) is 7.69. The van der Waals surface area contributed by atoms with E-state index in [-0.39, 0.29) is 11.7 Å². The predicted molar refractivity (Wildman–Crippen MR) is 114 cm³/mol. The fraction of sp³-hybridized carbons (Fsp3) is 0.190. The largest absolute Gasteiger partial charge is 0.272 e. The van der Waals surface area contributed by atoms with Crippen molar-refractivity contribution in [2.75, 3.05) is 5.75 Å². The highest BCUT2D eigenvalue weighted by Gasteiger charge is 2.10. The second-order valence-electron chi connectivity index (χ2n) is 6.29. The number of pyridine rings is 1. The molecule has 2 amide bonds. The van der Waals surface area contributed by atoms with E-state index in [1.54, 1.807) is 24.3 Å². The number of fused-ring (bicyclic) bond motifs is 1. The van der Waals surface area contributed by atoms with Crippen molar-refractivity contribution in [2.45, 2.75) is 25.3 Å². The molecule has 5 nitrogen and oxygen atoms in total. The van der Waals surface area contributed by atoms with E-state index in [1.165, 1.54) is 17.3 Å². The highest BCUT2D eigenvalue weighted by molar-refractivity contribution is 7.99. The van der Waals surface area contributed by atoms with Gasteiger partial charge in [0.05, 0.1) is 11.3 Å². The first kappa shape index (κ1) is 20.2. The Morgan fingerprint density at radius 2 is 1.82 bits per heavy atom. The van der Waals surface area contributed by atoms with Crippen LogP contribution in [-0.4, -0.2) is 22.6 Å². The van der Waals surface area contributed by atoms with Gasteiger partial charge in [-0.25, -0.2) is 4.98 Å². The maximum atomic E-state index is 12.1. The number of hydrazine groups is 1. The molecule has 28 heavy (non-hydrogen) atoms. The van der Waals surface area contributed by atoms with Crippen molar-refractivity contribution in [3.63, 3.8) is 0 Å². The van der Waals surface area contributed by atoms with Gasteiger partial charge >= 0.3 is 0 Å². The summed E-state index contributed by atoms with van der Waals surface area (Å²) in [6.07, 6.45) is 0.980. The van der Waals surface area contributed by atoms with Crippen LogP contribution in [0.2, 0.25) is 5.02 Å². The number of nitrogens with zero attached hydrogens (tertiary/aromatic N) is 1. The summed E-state index contributed by atoms with van der Waals surface area (Å²) in [4.78, 5) is 28.7. The molecule has 2 N–H and O–H groups in total. The van der Waals surface area contributed by atoms with Gasteiger partial charge in [0.15, 0.2) is 0 Å². The summed E-state index contributed by atoms with van der Waals surface area (Å²) in [5.41, 5.74) is 8.42. The number of carbonyl (C=O) groups is 2. The van der Waals surface area contributed by atoms with Crippen LogP contribution in [0.15, 0.2) is 53.6 Å². The minimum absolute atomic E-state index is 0.146. The van der Waals surface area contributed by atoms with Crippen molar-refractivity contribution in [1.82, 2.24) is 15.8 Å². The van der Waals surface area contributed by atoms with Gasteiger partial charge in [0.1, 0.15) is 5.03 Å². The Kier molecular flexibility index (Phi) is 6.54. The molecule has 1 heterocycles. The molecule has 0 saturated heterocycles. The fourth-order valence-corrected chi connectivity index (χ4v) is 3.57. The Labute approximate surface area is 172 Å². The van der Waals surface area contributed by atoms with E-state index < -0.39 is 5.91 Å². The first-order valence-corrected chi connectivity index (χ1v) is 10.2. The summed E-state index contributed by atoms with van der Waals surface area (Å²) in [5, 5.41) is 2.44. The number of aryl methyl sites for hydroxylation is 2. The van der Waals surface area contributed by atoms with E-state index in [2.05, 4.69) is 41.0 Å². The number of hydrogen-bond acceptors (Lipinski definition) is 4. The molecule has 2 aromatic carbocycles. The number of thioether (sulfide) groups is 1. The summed E-state index contributed by atoms with van der Waals surface area (Å²) in [7, 11) is 0. The molecule has 0 fully saturated rings. The van der Waals surface area contributed by atoms with Crippen molar-refractivity contribution < 1.29 is 9.59 Å². The van der Waals surface area contributed by atoms with E-state index in [1.807, 2.05) is 13.0 Å². The molecule has 0 aliphatic carbocycles. The quantitative estimate of drug-likeness (QED) is 0.483. The van der Waals surface area contributed by atoms with Crippen LogP contribution in [0, 0.1) is 6.92 Å². The minimum Gasteiger partial charge on any atom is -0.272 e. The number of rotatable bonds is 5. The van der Waals surface area contributed by atoms with Crippen molar-refractivity contribution >= 4 is 46.1 Å². The van der Waals surface area contributed by atoms with Gasteiger partial charge in [-0.3, -0.25) is 20.4 Å². The lowest BCUT2D eigenvalue weighted by atomic mass is 10.1. The molecule has 3 rings (SSSR count). The molecule has 0 radical (unpaired) electrons. The molecule has 0 atom stereocenters. The lowest BCUT2D eigenvalue weighted by molar-refractivity contribution is -0.119. The molecule has 0 bridgehead atoms. The second kappa shape index (κ2) is 9.08. The standard InChI is InChI=1S/C21H20ClN3O2S/c1-3-14-4-9-18-16(11-14)10-13(2)21(23-18)28-12-19(26)24-25-20(27)15-5-7-17(22)8-6-15/h4-11H,3,12H2,1-2H3,(H,24,26)(H,25,27). The van der Waals surface area contributed by atoms with Gasteiger partial charge in [-0.05, 0) is 66.9 Å². The first-order valence-electron chi connectivity index (χ1n) is 8.84. The normalized spacial score (nSPS) is 10.7. The summed E-state index contributed by atoms with van der Waals surface area (Å²) >= 11 is 7.13. The molecule has 144 valence electrons. The number of amides is 2. The zero-order valence-corrected chi connectivity index (χ0v) is 17.2. The van der Waals surface area contributed by atoms with Gasteiger partial charge in [0.25, 0.3) is 5.91 Å². The number of carbonyl (C=O) groups excluding carboxylic acids is 2. The Morgan fingerprint density at radius 3 is 2.54 bits per heavy atom. The van der Waals surface area contributed by atoms with Gasteiger partial charge in [-0.2, -0.15) is 0 Å². The van der Waals surface area contributed by atoms with Crippen LogP contribution in [0.1, 0.15) is 28.4 Å². The van der Waals surface area contributed by atoms with Crippen molar-refractivity contribution in [1.29, 1.82) is 0 Å². The Morgan fingerprint density at radius 1 is 1.07 bits per heavy atom. The van der Waals surface area contributed by atoms with E-state index in [0.717, 1.165) is 27.9 Å². The Bertz CT molecular complexity index is 1020. The van der Waals surface area contributed by atoms with Crippen LogP contribution in [0.3, 0.4) is 0 Å². The molecular weight excluding hydrogens is 394 g/mol. The molecule has 0 spiro atoms. The maximum absolute atomic E-state index is 12.1. The zero-order valence-electron chi connectivity index (χ0n) is 15.6. The average molecular weight is 414 g/mol. The van der Waals surface area contributed by atoms with Gasteiger partial charge in [0.2, 0.25) is 5.91 Å². The van der Waals surface area contributed by atoms with Crippen molar-refractivity contribution in [3.8, 4) is 0 Å². The average Bonchev–Trinajstić information content (AvgIpc) is 2.70. The number of halogens is 1. The third kappa shape index (κ3) is 5.03. The smallest absolute Gasteiger partial charge is 0.269 e. The number of aromatic nitrogens is 1. The van der Waals surface area contributed by atoms with Crippen LogP contribution in [-0.2, 0) is 11.2 Å². The lowest BCUT2D eigenvalue weighted by Gasteiger charge is -2.09. The van der Waals surface area contributed by atoms with Crippen LogP contribution in [0.25, 0.3) is 10.9 Å². The number of hydrogen-bond donors (Lipinski definition) is 2. The molecule has 0 unspecified atom stereocenters. The topological polar surface area (TPSA) is 71.1 Å². The van der Waals surface area contributed by atoms with E-state index in [9.17, 15) is 9.59 Å². The van der Waals surface area contributed by atoms with Crippen LogP contribution in [0.5, 0.6) is 0 Å². The number of benzene rings is 2. The summed E-state index contributed by atoms with van der Waals surface area (Å²) in [6.45, 7) is 4.10. The molecule has 0 aliphatic heterocycles. The van der Waals surface area contributed by atoms with Gasteiger partial charge < -0.3 is 0 Å². The van der Waals surface area contributed by atoms with Gasteiger partial charge in [0, 0.05) is 16.0 Å². The molecule has 7 heteroatoms. The predicted octanol–water partition coefficient (Wildman–Crippen LogP) is 4.31. The number of nitrogens with one attached hydrogen (secondary N) is 2. The monoisotopic (exact) mass is 413 g/mol. The highest BCUT2D eigenvalue weighted by atomic mass is 35.5. The zero-order chi connectivity index (χ0) is 20.1. The molecule has 1 aromatic heterocycles. The van der Waals surface area contributed by atoms with Crippen LogP contribution in [0.4, 0.5) is 0 Å². The molecular formula is C21H20ClN3O2S. The van der Waals surface area contributed by atoms with Gasteiger partial charge in [-0.1, -0.05) is 36.4 Å². The fourth-order valence-electron chi connectivity index (χ4n) is 2.65. The van der Waals surface area contributed by atoms with E-state index >= 15 is 0 Å². The minimum atomic E-state index is -0.401. The molecule has 3 aromatic rings. The van der Waals surface area contributed by atoms with Crippen LogP contribution >= 0.6 is 23.4 Å². The summed E-state index contributed by atoms with van der Waals surface area (Å²) < 4.78 is 0. The highest BCUT2D eigenvalue weighted by Crippen LogP contribution is 2.25. The third-order valence-corrected chi connectivity index (χ3v) is 5.54. The van der Waals surface area contributed by atoms with Crippen molar-refractivity contribution in [3.05, 3.63) is 70.2 Å².